The van der Waals surface area contributed by atoms with Gasteiger partial charge in [0.25, 0.3) is 5.91 Å². The first-order valence-electron chi connectivity index (χ1n) is 9.18. The summed E-state index contributed by atoms with van der Waals surface area (Å²) in [5.74, 6) is -0.303. The van der Waals surface area contributed by atoms with Crippen molar-refractivity contribution in [3.8, 4) is 0 Å². The van der Waals surface area contributed by atoms with E-state index in [0.717, 1.165) is 5.56 Å². The molecule has 0 radical (unpaired) electrons. The summed E-state index contributed by atoms with van der Waals surface area (Å²) in [5.41, 5.74) is 0.631. The molecule has 0 bridgehead atoms. The van der Waals surface area contributed by atoms with Crippen molar-refractivity contribution in [2.24, 2.45) is 0 Å². The van der Waals surface area contributed by atoms with Gasteiger partial charge in [0, 0.05) is 41.9 Å². The molecular formula is C21H22Cl2N2O3. The summed E-state index contributed by atoms with van der Waals surface area (Å²) in [6, 6.07) is 14.1. The van der Waals surface area contributed by atoms with Crippen LogP contribution < -0.4 is 10.6 Å². The van der Waals surface area contributed by atoms with Crippen LogP contribution in [-0.4, -0.2) is 38.1 Å². The van der Waals surface area contributed by atoms with Crippen LogP contribution in [0, 0.1) is 0 Å². The third kappa shape index (κ3) is 4.66. The lowest BCUT2D eigenvalue weighted by molar-refractivity contribution is -0.130. The van der Waals surface area contributed by atoms with Gasteiger partial charge in [-0.05, 0) is 48.7 Å². The van der Waals surface area contributed by atoms with Crippen LogP contribution in [0.25, 0.3) is 0 Å². The second-order valence-corrected chi connectivity index (χ2v) is 7.54. The van der Waals surface area contributed by atoms with Gasteiger partial charge in [-0.2, -0.15) is 0 Å². The van der Waals surface area contributed by atoms with Crippen molar-refractivity contribution in [1.29, 1.82) is 0 Å². The van der Waals surface area contributed by atoms with Crippen molar-refractivity contribution in [3.05, 3.63) is 69.7 Å². The van der Waals surface area contributed by atoms with Gasteiger partial charge in [0.05, 0.1) is 5.41 Å². The van der Waals surface area contributed by atoms with Gasteiger partial charge in [-0.15, -0.1) is 0 Å². The van der Waals surface area contributed by atoms with Crippen molar-refractivity contribution >= 4 is 35.0 Å². The topological polar surface area (TPSA) is 67.4 Å². The molecule has 0 saturated carbocycles. The van der Waals surface area contributed by atoms with Crippen LogP contribution >= 0.6 is 23.2 Å². The third-order valence-electron chi connectivity index (χ3n) is 4.97. The van der Waals surface area contributed by atoms with Crippen LogP contribution in [0.15, 0.2) is 48.5 Å². The molecule has 1 heterocycles. The molecule has 148 valence electrons. The van der Waals surface area contributed by atoms with Crippen LogP contribution in [0.4, 0.5) is 0 Å². The molecule has 2 amide bonds. The van der Waals surface area contributed by atoms with E-state index in [2.05, 4.69) is 10.6 Å². The Kier molecular flexibility index (Phi) is 6.94. The molecule has 0 aliphatic carbocycles. The zero-order valence-corrected chi connectivity index (χ0v) is 16.9. The lowest BCUT2D eigenvalue weighted by atomic mass is 9.73. The lowest BCUT2D eigenvalue weighted by Gasteiger charge is -2.36. The minimum atomic E-state index is -0.712. The Morgan fingerprint density at radius 3 is 2.25 bits per heavy atom. The SMILES string of the molecule is O=C(NCCNC(=O)C1(c2ccccc2Cl)CCOCC1)c1ccc(Cl)cc1. The van der Waals surface area contributed by atoms with Crippen LogP contribution in [0.1, 0.15) is 28.8 Å². The van der Waals surface area contributed by atoms with Gasteiger partial charge in [-0.1, -0.05) is 41.4 Å². The maximum Gasteiger partial charge on any atom is 0.251 e. The summed E-state index contributed by atoms with van der Waals surface area (Å²) >= 11 is 12.2. The number of hydrogen-bond acceptors (Lipinski definition) is 3. The smallest absolute Gasteiger partial charge is 0.251 e. The third-order valence-corrected chi connectivity index (χ3v) is 5.55. The molecule has 1 aliphatic heterocycles. The van der Waals surface area contributed by atoms with E-state index < -0.39 is 5.41 Å². The number of halogens is 2. The highest BCUT2D eigenvalue weighted by Crippen LogP contribution is 2.38. The number of nitrogens with one attached hydrogen (secondary N) is 2. The Morgan fingerprint density at radius 1 is 0.929 bits per heavy atom. The Morgan fingerprint density at radius 2 is 1.57 bits per heavy atom. The Balaban J connectivity index is 1.59. The van der Waals surface area contributed by atoms with E-state index in [1.54, 1.807) is 30.3 Å². The maximum absolute atomic E-state index is 13.1. The number of ether oxygens (including phenoxy) is 1. The fourth-order valence-electron chi connectivity index (χ4n) is 3.41. The van der Waals surface area contributed by atoms with Crippen molar-refractivity contribution in [2.45, 2.75) is 18.3 Å². The zero-order chi connectivity index (χ0) is 20.0. The van der Waals surface area contributed by atoms with Crippen molar-refractivity contribution < 1.29 is 14.3 Å². The molecule has 0 aromatic heterocycles. The summed E-state index contributed by atoms with van der Waals surface area (Å²) in [4.78, 5) is 25.2. The molecule has 28 heavy (non-hydrogen) atoms. The van der Waals surface area contributed by atoms with Crippen LogP contribution in [0.2, 0.25) is 10.0 Å². The minimum absolute atomic E-state index is 0.0929. The monoisotopic (exact) mass is 420 g/mol. The predicted octanol–water partition coefficient (Wildman–Crippen LogP) is 3.59. The molecule has 3 rings (SSSR count). The zero-order valence-electron chi connectivity index (χ0n) is 15.3. The van der Waals surface area contributed by atoms with Gasteiger partial charge in [0.15, 0.2) is 0 Å². The molecule has 5 nitrogen and oxygen atoms in total. The summed E-state index contributed by atoms with van der Waals surface area (Å²) < 4.78 is 5.46. The standard InChI is InChI=1S/C21H22Cl2N2O3/c22-16-7-5-15(6-8-16)19(26)24-11-12-25-20(27)21(9-13-28-14-10-21)17-3-1-2-4-18(17)23/h1-8H,9-14H2,(H,24,26)(H,25,27). The number of carbonyl (C=O) groups is 2. The molecule has 2 N–H and O–H groups in total. The van der Waals surface area contributed by atoms with E-state index in [0.29, 0.717) is 54.8 Å². The van der Waals surface area contributed by atoms with Crippen LogP contribution in [0.3, 0.4) is 0 Å². The quantitative estimate of drug-likeness (QED) is 0.701. The maximum atomic E-state index is 13.1. The molecule has 1 saturated heterocycles. The van der Waals surface area contributed by atoms with Crippen molar-refractivity contribution in [2.75, 3.05) is 26.3 Å². The number of rotatable bonds is 6. The van der Waals surface area contributed by atoms with Crippen molar-refractivity contribution in [1.82, 2.24) is 10.6 Å². The number of benzene rings is 2. The summed E-state index contributed by atoms with van der Waals surface area (Å²) in [6.07, 6.45) is 1.14. The first kappa shape index (κ1) is 20.6. The van der Waals surface area contributed by atoms with Crippen molar-refractivity contribution in [3.63, 3.8) is 0 Å². The molecule has 1 aliphatic rings. The van der Waals surface area contributed by atoms with Gasteiger partial charge in [-0.25, -0.2) is 0 Å². The van der Waals surface area contributed by atoms with E-state index in [4.69, 9.17) is 27.9 Å². The largest absolute Gasteiger partial charge is 0.381 e. The summed E-state index contributed by atoms with van der Waals surface area (Å²) in [7, 11) is 0. The average molecular weight is 421 g/mol. The van der Waals surface area contributed by atoms with E-state index in [1.165, 1.54) is 0 Å². The Hall–Kier alpha value is -2.08. The molecule has 2 aromatic carbocycles. The second-order valence-electron chi connectivity index (χ2n) is 6.69. The van der Waals surface area contributed by atoms with E-state index in [1.807, 2.05) is 18.2 Å². The Labute approximate surface area is 174 Å². The van der Waals surface area contributed by atoms with Gasteiger partial charge in [-0.3, -0.25) is 9.59 Å². The fraction of sp³-hybridized carbons (Fsp3) is 0.333. The summed E-state index contributed by atoms with van der Waals surface area (Å²) in [6.45, 7) is 1.66. The molecule has 1 fully saturated rings. The first-order chi connectivity index (χ1) is 13.5. The molecule has 0 unspecified atom stereocenters. The first-order valence-corrected chi connectivity index (χ1v) is 9.93. The number of carbonyl (C=O) groups excluding carboxylic acids is 2. The van der Waals surface area contributed by atoms with Gasteiger partial charge < -0.3 is 15.4 Å². The molecule has 2 aromatic rings. The molecule has 7 heteroatoms. The predicted molar refractivity (Wildman–Crippen MR) is 110 cm³/mol. The summed E-state index contributed by atoms with van der Waals surface area (Å²) in [5, 5.41) is 6.89. The molecule has 0 atom stereocenters. The van der Waals surface area contributed by atoms with Gasteiger partial charge in [0.2, 0.25) is 5.91 Å². The highest BCUT2D eigenvalue weighted by molar-refractivity contribution is 6.31. The van der Waals surface area contributed by atoms with Gasteiger partial charge >= 0.3 is 0 Å². The minimum Gasteiger partial charge on any atom is -0.381 e. The number of amides is 2. The molecular weight excluding hydrogens is 399 g/mol. The second kappa shape index (κ2) is 9.41. The van der Waals surface area contributed by atoms with Crippen LogP contribution in [-0.2, 0) is 14.9 Å². The molecule has 0 spiro atoms. The normalized spacial score (nSPS) is 15.6. The van der Waals surface area contributed by atoms with Crippen LogP contribution in [0.5, 0.6) is 0 Å². The fourth-order valence-corrected chi connectivity index (χ4v) is 3.86. The lowest BCUT2D eigenvalue weighted by Crippen LogP contribution is -2.49. The number of hydrogen-bond donors (Lipinski definition) is 2. The van der Waals surface area contributed by atoms with E-state index in [-0.39, 0.29) is 11.8 Å². The average Bonchev–Trinajstić information content (AvgIpc) is 2.72. The van der Waals surface area contributed by atoms with Gasteiger partial charge in [0.1, 0.15) is 0 Å². The highest BCUT2D eigenvalue weighted by Gasteiger charge is 2.42. The Bertz CT molecular complexity index is 834. The highest BCUT2D eigenvalue weighted by atomic mass is 35.5. The van der Waals surface area contributed by atoms with E-state index in [9.17, 15) is 9.59 Å². The van der Waals surface area contributed by atoms with E-state index >= 15 is 0 Å².